The van der Waals surface area contributed by atoms with Crippen LogP contribution in [0.2, 0.25) is 0 Å². The number of anilines is 1. The van der Waals surface area contributed by atoms with Crippen LogP contribution >= 0.6 is 0 Å². The minimum absolute atomic E-state index is 0.764. The van der Waals surface area contributed by atoms with E-state index in [2.05, 4.69) is 34.6 Å². The predicted molar refractivity (Wildman–Crippen MR) is 55.9 cm³/mol. The zero-order chi connectivity index (χ0) is 9.68. The van der Waals surface area contributed by atoms with Gasteiger partial charge in [-0.2, -0.15) is 0 Å². The fourth-order valence-corrected chi connectivity index (χ4v) is 1.26. The first-order valence-electron chi connectivity index (χ1n) is 4.66. The Balaban J connectivity index is 2.71. The largest absolute Gasteiger partial charge is 0.352 e. The molecule has 72 valence electrons. The maximum Gasteiger partial charge on any atom is 0.203 e. The van der Waals surface area contributed by atoms with Crippen molar-refractivity contribution in [1.82, 2.24) is 9.55 Å². The molecule has 0 radical (unpaired) electrons. The summed E-state index contributed by atoms with van der Waals surface area (Å²) in [5, 5.41) is 3.20. The molecule has 0 aliphatic carbocycles. The van der Waals surface area contributed by atoms with Gasteiger partial charge in [-0.15, -0.1) is 6.58 Å². The number of aryl methyl sites for hydroxylation is 2. The molecule has 3 heteroatoms. The summed E-state index contributed by atoms with van der Waals surface area (Å²) < 4.78 is 2.14. The Morgan fingerprint density at radius 2 is 2.46 bits per heavy atom. The van der Waals surface area contributed by atoms with Crippen LogP contribution in [0.1, 0.15) is 19.0 Å². The molecule has 1 heterocycles. The molecular weight excluding hydrogens is 162 g/mol. The molecule has 0 saturated heterocycles. The second-order valence-electron chi connectivity index (χ2n) is 3.07. The first-order chi connectivity index (χ1) is 6.27. The van der Waals surface area contributed by atoms with Crippen molar-refractivity contribution in [3.05, 3.63) is 24.5 Å². The van der Waals surface area contributed by atoms with Crippen LogP contribution in [0.25, 0.3) is 0 Å². The molecule has 0 aromatic carbocycles. The van der Waals surface area contributed by atoms with Crippen molar-refractivity contribution in [2.75, 3.05) is 11.9 Å². The van der Waals surface area contributed by atoms with Crippen molar-refractivity contribution in [2.24, 2.45) is 0 Å². The first-order valence-corrected chi connectivity index (χ1v) is 4.66. The van der Waals surface area contributed by atoms with Gasteiger partial charge in [0.05, 0.1) is 5.69 Å². The molecule has 0 saturated carbocycles. The lowest BCUT2D eigenvalue weighted by atomic mass is 10.5. The molecular formula is C10H17N3. The van der Waals surface area contributed by atoms with Crippen molar-refractivity contribution in [1.29, 1.82) is 0 Å². The number of nitrogens with zero attached hydrogens (tertiary/aromatic N) is 2. The average molecular weight is 179 g/mol. The molecule has 1 aromatic heterocycles. The van der Waals surface area contributed by atoms with Gasteiger partial charge in [0.25, 0.3) is 0 Å². The molecule has 0 atom stereocenters. The van der Waals surface area contributed by atoms with E-state index in [9.17, 15) is 0 Å². The van der Waals surface area contributed by atoms with Gasteiger partial charge in [0.15, 0.2) is 0 Å². The molecule has 0 spiro atoms. The lowest BCUT2D eigenvalue weighted by molar-refractivity contribution is 0.683. The molecule has 13 heavy (non-hydrogen) atoms. The normalized spacial score (nSPS) is 10.0. The van der Waals surface area contributed by atoms with E-state index in [-0.39, 0.29) is 0 Å². The van der Waals surface area contributed by atoms with Gasteiger partial charge < -0.3 is 9.88 Å². The number of hydrogen-bond donors (Lipinski definition) is 1. The van der Waals surface area contributed by atoms with Crippen molar-refractivity contribution < 1.29 is 0 Å². The quantitative estimate of drug-likeness (QED) is 0.702. The second-order valence-corrected chi connectivity index (χ2v) is 3.07. The Morgan fingerprint density at radius 1 is 1.69 bits per heavy atom. The summed E-state index contributed by atoms with van der Waals surface area (Å²) in [6.07, 6.45) is 5.02. The number of imidazole rings is 1. The van der Waals surface area contributed by atoms with Crippen LogP contribution in [0.15, 0.2) is 18.9 Å². The first kappa shape index (κ1) is 9.84. The third-order valence-electron chi connectivity index (χ3n) is 1.77. The Labute approximate surface area is 79.5 Å². The molecule has 1 aromatic rings. The number of hydrogen-bond acceptors (Lipinski definition) is 2. The number of nitrogens with one attached hydrogen (secondary N) is 1. The summed E-state index contributed by atoms with van der Waals surface area (Å²) in [5.74, 6) is 0.944. The molecule has 0 amide bonds. The molecule has 0 aliphatic heterocycles. The Hall–Kier alpha value is -1.25. The fraction of sp³-hybridized carbons (Fsp3) is 0.500. The Kier molecular flexibility index (Phi) is 3.55. The minimum Gasteiger partial charge on any atom is -0.352 e. The average Bonchev–Trinajstić information content (AvgIpc) is 2.44. The number of aromatic nitrogens is 2. The van der Waals surface area contributed by atoms with E-state index < -0.39 is 0 Å². The lowest BCUT2D eigenvalue weighted by Gasteiger charge is -2.05. The molecule has 0 unspecified atom stereocenters. The van der Waals surface area contributed by atoms with E-state index in [4.69, 9.17) is 0 Å². The molecule has 3 nitrogen and oxygen atoms in total. The fourth-order valence-electron chi connectivity index (χ4n) is 1.26. The van der Waals surface area contributed by atoms with E-state index in [0.29, 0.717) is 0 Å². The monoisotopic (exact) mass is 179 g/mol. The minimum atomic E-state index is 0.764. The standard InChI is InChI=1S/C10H17N3/c1-4-6-11-10-12-9(3)8-13(10)7-5-2/h4,8H,1,5-7H2,2-3H3,(H,11,12). The molecule has 0 fully saturated rings. The van der Waals surface area contributed by atoms with Gasteiger partial charge in [-0.25, -0.2) is 4.98 Å². The zero-order valence-electron chi connectivity index (χ0n) is 8.38. The molecule has 0 bridgehead atoms. The summed E-state index contributed by atoms with van der Waals surface area (Å²) in [7, 11) is 0. The predicted octanol–water partition coefficient (Wildman–Crippen LogP) is 2.20. The Bertz CT molecular complexity index is 276. The van der Waals surface area contributed by atoms with Crippen molar-refractivity contribution >= 4 is 5.95 Å². The summed E-state index contributed by atoms with van der Waals surface area (Å²) in [5.41, 5.74) is 1.06. The molecule has 0 aliphatic rings. The van der Waals surface area contributed by atoms with Gasteiger partial charge in [0, 0.05) is 19.3 Å². The van der Waals surface area contributed by atoms with Crippen molar-refractivity contribution in [2.45, 2.75) is 26.8 Å². The van der Waals surface area contributed by atoms with Crippen LogP contribution < -0.4 is 5.32 Å². The lowest BCUT2D eigenvalue weighted by Crippen LogP contribution is -2.06. The van der Waals surface area contributed by atoms with E-state index in [1.807, 2.05) is 13.0 Å². The highest BCUT2D eigenvalue weighted by molar-refractivity contribution is 5.29. The third kappa shape index (κ3) is 2.61. The SMILES string of the molecule is C=CCNc1nc(C)cn1CCC. The molecule has 1 rings (SSSR count). The van der Waals surface area contributed by atoms with E-state index in [1.165, 1.54) is 0 Å². The van der Waals surface area contributed by atoms with Crippen LogP contribution in [0.4, 0.5) is 5.95 Å². The van der Waals surface area contributed by atoms with Gasteiger partial charge in [-0.05, 0) is 13.3 Å². The van der Waals surface area contributed by atoms with Crippen LogP contribution in [-0.2, 0) is 6.54 Å². The second kappa shape index (κ2) is 4.70. The van der Waals surface area contributed by atoms with Crippen LogP contribution in [0.3, 0.4) is 0 Å². The van der Waals surface area contributed by atoms with Gasteiger partial charge in [-0.3, -0.25) is 0 Å². The van der Waals surface area contributed by atoms with E-state index >= 15 is 0 Å². The van der Waals surface area contributed by atoms with Crippen LogP contribution in [-0.4, -0.2) is 16.1 Å². The summed E-state index contributed by atoms with van der Waals surface area (Å²) in [6.45, 7) is 9.60. The van der Waals surface area contributed by atoms with E-state index in [1.54, 1.807) is 0 Å². The van der Waals surface area contributed by atoms with Crippen LogP contribution in [0.5, 0.6) is 0 Å². The zero-order valence-corrected chi connectivity index (χ0v) is 8.38. The smallest absolute Gasteiger partial charge is 0.203 e. The van der Waals surface area contributed by atoms with Gasteiger partial charge in [0.1, 0.15) is 0 Å². The summed E-state index contributed by atoms with van der Waals surface area (Å²) in [4.78, 5) is 4.37. The van der Waals surface area contributed by atoms with Gasteiger partial charge in [0.2, 0.25) is 5.95 Å². The van der Waals surface area contributed by atoms with Gasteiger partial charge in [-0.1, -0.05) is 13.0 Å². The number of rotatable bonds is 5. The maximum absolute atomic E-state index is 4.37. The highest BCUT2D eigenvalue weighted by Crippen LogP contribution is 2.08. The summed E-state index contributed by atoms with van der Waals surface area (Å²) in [6, 6.07) is 0. The highest BCUT2D eigenvalue weighted by atomic mass is 15.2. The Morgan fingerprint density at radius 3 is 3.08 bits per heavy atom. The summed E-state index contributed by atoms with van der Waals surface area (Å²) >= 11 is 0. The molecule has 1 N–H and O–H groups in total. The maximum atomic E-state index is 4.37. The van der Waals surface area contributed by atoms with Gasteiger partial charge >= 0.3 is 0 Å². The van der Waals surface area contributed by atoms with Crippen molar-refractivity contribution in [3.63, 3.8) is 0 Å². The topological polar surface area (TPSA) is 29.9 Å². The third-order valence-corrected chi connectivity index (χ3v) is 1.77. The van der Waals surface area contributed by atoms with Crippen LogP contribution in [0, 0.1) is 6.92 Å². The highest BCUT2D eigenvalue weighted by Gasteiger charge is 2.02. The van der Waals surface area contributed by atoms with E-state index in [0.717, 1.165) is 31.2 Å². The van der Waals surface area contributed by atoms with Crippen molar-refractivity contribution in [3.8, 4) is 0 Å².